The average Bonchev–Trinajstić information content (AvgIpc) is 2.38. The third kappa shape index (κ3) is 5.28. The average molecular weight is 286 g/mol. The third-order valence-electron chi connectivity index (χ3n) is 2.85. The van der Waals surface area contributed by atoms with E-state index < -0.39 is 16.1 Å². The van der Waals surface area contributed by atoms with Gasteiger partial charge in [0.05, 0.1) is 11.5 Å². The maximum Gasteiger partial charge on any atom is 0.240 e. The smallest absolute Gasteiger partial charge is 0.240 e. The molecule has 1 rings (SSSR count). The highest BCUT2D eigenvalue weighted by molar-refractivity contribution is 7.89. The van der Waals surface area contributed by atoms with Gasteiger partial charge in [-0.05, 0) is 45.5 Å². The summed E-state index contributed by atoms with van der Waals surface area (Å²) in [5.41, 5.74) is 1.01. The molecule has 0 amide bonds. The minimum Gasteiger partial charge on any atom is -0.395 e. The van der Waals surface area contributed by atoms with E-state index >= 15 is 0 Å². The lowest BCUT2D eigenvalue weighted by atomic mass is 10.2. The molecule has 5 nitrogen and oxygen atoms in total. The molecule has 0 aliphatic carbocycles. The van der Waals surface area contributed by atoms with Crippen molar-refractivity contribution in [1.82, 2.24) is 10.0 Å². The summed E-state index contributed by atoms with van der Waals surface area (Å²) in [6.07, 6.45) is 1.40. The Bertz CT molecular complexity index is 471. The minimum absolute atomic E-state index is 0.200. The second-order valence-corrected chi connectivity index (χ2v) is 6.27. The van der Waals surface area contributed by atoms with E-state index in [-0.39, 0.29) is 11.5 Å². The molecule has 0 fully saturated rings. The molecule has 6 heteroatoms. The summed E-state index contributed by atoms with van der Waals surface area (Å²) in [4.78, 5) is 0.227. The summed E-state index contributed by atoms with van der Waals surface area (Å²) >= 11 is 0. The van der Waals surface area contributed by atoms with Gasteiger partial charge in [0.25, 0.3) is 0 Å². The molecule has 0 aromatic heterocycles. The molecule has 0 bridgehead atoms. The topological polar surface area (TPSA) is 78.4 Å². The number of sulfonamides is 1. The Kier molecular flexibility index (Phi) is 6.44. The van der Waals surface area contributed by atoms with E-state index in [9.17, 15) is 13.5 Å². The zero-order valence-electron chi connectivity index (χ0n) is 11.4. The predicted octanol–water partition coefficient (Wildman–Crippen LogP) is 0.634. The van der Waals surface area contributed by atoms with Gasteiger partial charge in [-0.25, -0.2) is 13.1 Å². The van der Waals surface area contributed by atoms with Gasteiger partial charge in [-0.1, -0.05) is 17.7 Å². The highest BCUT2D eigenvalue weighted by atomic mass is 32.2. The largest absolute Gasteiger partial charge is 0.395 e. The lowest BCUT2D eigenvalue weighted by Gasteiger charge is -2.16. The summed E-state index contributed by atoms with van der Waals surface area (Å²) in [7, 11) is -1.72. The number of nitrogens with one attached hydrogen (secondary N) is 2. The molecule has 3 N–H and O–H groups in total. The van der Waals surface area contributed by atoms with Gasteiger partial charge in [0.15, 0.2) is 0 Å². The Labute approximate surface area is 115 Å². The van der Waals surface area contributed by atoms with E-state index in [1.165, 1.54) is 0 Å². The summed E-state index contributed by atoms with van der Waals surface area (Å²) in [5, 5.41) is 12.2. The van der Waals surface area contributed by atoms with Gasteiger partial charge in [0, 0.05) is 6.04 Å². The number of benzene rings is 1. The number of hydrogen-bond acceptors (Lipinski definition) is 4. The zero-order valence-corrected chi connectivity index (χ0v) is 12.2. The van der Waals surface area contributed by atoms with Crippen molar-refractivity contribution >= 4 is 10.0 Å². The van der Waals surface area contributed by atoms with E-state index in [0.29, 0.717) is 6.42 Å². The number of aliphatic hydroxyl groups excluding tert-OH is 1. The van der Waals surface area contributed by atoms with Gasteiger partial charge >= 0.3 is 0 Å². The van der Waals surface area contributed by atoms with Gasteiger partial charge in [-0.3, -0.25) is 0 Å². The Balaban J connectivity index is 2.69. The summed E-state index contributed by atoms with van der Waals surface area (Å²) in [6.45, 7) is 2.50. The van der Waals surface area contributed by atoms with Crippen LogP contribution in [0.4, 0.5) is 0 Å². The van der Waals surface area contributed by atoms with Crippen LogP contribution in [-0.2, 0) is 10.0 Å². The first-order chi connectivity index (χ1) is 8.99. The second-order valence-electron chi connectivity index (χ2n) is 4.56. The summed E-state index contributed by atoms with van der Waals surface area (Å²) in [5.74, 6) is 0. The summed E-state index contributed by atoms with van der Waals surface area (Å²) < 4.78 is 26.7. The van der Waals surface area contributed by atoms with Crippen LogP contribution in [-0.4, -0.2) is 39.8 Å². The molecule has 1 aromatic rings. The molecule has 0 saturated heterocycles. The molecule has 0 radical (unpaired) electrons. The normalized spacial score (nSPS) is 13.4. The van der Waals surface area contributed by atoms with E-state index in [1.54, 1.807) is 24.3 Å². The van der Waals surface area contributed by atoms with Crippen LogP contribution in [0, 0.1) is 6.92 Å². The molecule has 0 aliphatic heterocycles. The van der Waals surface area contributed by atoms with Gasteiger partial charge in [0.1, 0.15) is 0 Å². The SMILES string of the molecule is CNCCC[C@@H](CO)NS(=O)(=O)c1ccc(C)cc1. The summed E-state index contributed by atoms with van der Waals surface area (Å²) in [6, 6.07) is 6.20. The molecule has 1 aromatic carbocycles. The first-order valence-corrected chi connectivity index (χ1v) is 7.82. The first-order valence-electron chi connectivity index (χ1n) is 6.34. The lowest BCUT2D eigenvalue weighted by Crippen LogP contribution is -2.37. The molecule has 19 heavy (non-hydrogen) atoms. The quantitative estimate of drug-likeness (QED) is 0.613. The third-order valence-corrected chi connectivity index (χ3v) is 4.39. The highest BCUT2D eigenvalue weighted by Gasteiger charge is 2.19. The van der Waals surface area contributed by atoms with Crippen LogP contribution in [0.5, 0.6) is 0 Å². The van der Waals surface area contributed by atoms with Crippen LogP contribution in [0.2, 0.25) is 0 Å². The van der Waals surface area contributed by atoms with Crippen molar-refractivity contribution in [2.75, 3.05) is 20.2 Å². The zero-order chi connectivity index (χ0) is 14.3. The van der Waals surface area contributed by atoms with Gasteiger partial charge in [-0.2, -0.15) is 0 Å². The van der Waals surface area contributed by atoms with Gasteiger partial charge in [-0.15, -0.1) is 0 Å². The lowest BCUT2D eigenvalue weighted by molar-refractivity contribution is 0.248. The van der Waals surface area contributed by atoms with Gasteiger partial charge in [0.2, 0.25) is 10.0 Å². The Morgan fingerprint density at radius 1 is 1.26 bits per heavy atom. The van der Waals surface area contributed by atoms with Crippen molar-refractivity contribution < 1.29 is 13.5 Å². The van der Waals surface area contributed by atoms with Crippen molar-refractivity contribution in [2.24, 2.45) is 0 Å². The second kappa shape index (κ2) is 7.59. The fourth-order valence-electron chi connectivity index (χ4n) is 1.72. The number of rotatable bonds is 8. The molecular weight excluding hydrogens is 264 g/mol. The van der Waals surface area contributed by atoms with Crippen molar-refractivity contribution in [2.45, 2.75) is 30.7 Å². The Morgan fingerprint density at radius 3 is 2.42 bits per heavy atom. The minimum atomic E-state index is -3.56. The Morgan fingerprint density at radius 2 is 1.89 bits per heavy atom. The van der Waals surface area contributed by atoms with Crippen LogP contribution < -0.4 is 10.0 Å². The van der Waals surface area contributed by atoms with Crippen LogP contribution in [0.1, 0.15) is 18.4 Å². The van der Waals surface area contributed by atoms with E-state index in [1.807, 2.05) is 14.0 Å². The molecule has 108 valence electrons. The van der Waals surface area contributed by atoms with Gasteiger partial charge < -0.3 is 10.4 Å². The number of hydrogen-bond donors (Lipinski definition) is 3. The van der Waals surface area contributed by atoms with Crippen LogP contribution >= 0.6 is 0 Å². The fraction of sp³-hybridized carbons (Fsp3) is 0.538. The van der Waals surface area contributed by atoms with Crippen molar-refractivity contribution in [1.29, 1.82) is 0 Å². The van der Waals surface area contributed by atoms with Crippen LogP contribution in [0.25, 0.3) is 0 Å². The molecular formula is C13H22N2O3S. The van der Waals surface area contributed by atoms with Crippen LogP contribution in [0.15, 0.2) is 29.2 Å². The molecule has 1 atom stereocenters. The number of aryl methyl sites for hydroxylation is 1. The maximum absolute atomic E-state index is 12.1. The highest BCUT2D eigenvalue weighted by Crippen LogP contribution is 2.11. The Hall–Kier alpha value is -0.950. The van der Waals surface area contributed by atoms with E-state index in [4.69, 9.17) is 0 Å². The fourth-order valence-corrected chi connectivity index (χ4v) is 2.98. The number of aliphatic hydroxyl groups is 1. The molecule has 0 spiro atoms. The standard InChI is InChI=1S/C13H22N2O3S/c1-11-5-7-13(8-6-11)19(17,18)15-12(10-16)4-3-9-14-2/h5-8,12,14-16H,3-4,9-10H2,1-2H3/t12-/m0/s1. The maximum atomic E-state index is 12.1. The predicted molar refractivity (Wildman–Crippen MR) is 75.5 cm³/mol. The monoisotopic (exact) mass is 286 g/mol. The van der Waals surface area contributed by atoms with Crippen LogP contribution in [0.3, 0.4) is 0 Å². The first kappa shape index (κ1) is 16.1. The van der Waals surface area contributed by atoms with E-state index in [0.717, 1.165) is 18.5 Å². The molecule has 0 unspecified atom stereocenters. The van der Waals surface area contributed by atoms with Crippen molar-refractivity contribution in [3.05, 3.63) is 29.8 Å². The van der Waals surface area contributed by atoms with Crippen molar-refractivity contribution in [3.8, 4) is 0 Å². The molecule has 0 aliphatic rings. The van der Waals surface area contributed by atoms with Crippen molar-refractivity contribution in [3.63, 3.8) is 0 Å². The molecule has 0 saturated carbocycles. The molecule has 0 heterocycles. The van der Waals surface area contributed by atoms with E-state index in [2.05, 4.69) is 10.0 Å².